The number of hydrogen-bond acceptors (Lipinski definition) is 3. The average Bonchev–Trinajstić information content (AvgIpc) is 2.57. The Hall–Kier alpha value is -0.480. The predicted molar refractivity (Wildman–Crippen MR) is 66.3 cm³/mol. The SMILES string of the molecule is CC(C)CCNCCSc1cnn(C)c1. The minimum atomic E-state index is 0.795. The number of nitrogens with one attached hydrogen (secondary N) is 1. The second-order valence-corrected chi connectivity index (χ2v) is 5.30. The third kappa shape index (κ3) is 5.85. The van der Waals surface area contributed by atoms with Crippen LogP contribution in [0.1, 0.15) is 20.3 Å². The van der Waals surface area contributed by atoms with Crippen LogP contribution in [0.25, 0.3) is 0 Å². The molecule has 0 saturated heterocycles. The molecule has 86 valence electrons. The normalized spacial score (nSPS) is 11.2. The van der Waals surface area contributed by atoms with E-state index in [1.807, 2.05) is 29.7 Å². The van der Waals surface area contributed by atoms with Gasteiger partial charge in [0.2, 0.25) is 0 Å². The van der Waals surface area contributed by atoms with Gasteiger partial charge in [0.25, 0.3) is 0 Å². The fourth-order valence-corrected chi connectivity index (χ4v) is 2.06. The van der Waals surface area contributed by atoms with Crippen LogP contribution >= 0.6 is 11.8 Å². The van der Waals surface area contributed by atoms with Crippen LogP contribution in [0.5, 0.6) is 0 Å². The van der Waals surface area contributed by atoms with E-state index in [1.54, 1.807) is 0 Å². The summed E-state index contributed by atoms with van der Waals surface area (Å²) < 4.78 is 1.84. The molecule has 0 aromatic carbocycles. The molecule has 0 aliphatic carbocycles. The van der Waals surface area contributed by atoms with E-state index in [1.165, 1.54) is 11.3 Å². The van der Waals surface area contributed by atoms with E-state index in [2.05, 4.69) is 30.5 Å². The number of aromatic nitrogens is 2. The summed E-state index contributed by atoms with van der Waals surface area (Å²) in [5.41, 5.74) is 0. The first kappa shape index (κ1) is 12.6. The highest BCUT2D eigenvalue weighted by atomic mass is 32.2. The van der Waals surface area contributed by atoms with Crippen molar-refractivity contribution in [3.05, 3.63) is 12.4 Å². The highest BCUT2D eigenvalue weighted by Crippen LogP contribution is 2.14. The third-order valence-electron chi connectivity index (χ3n) is 2.13. The first-order valence-corrected chi connectivity index (χ1v) is 6.49. The Morgan fingerprint density at radius 1 is 1.47 bits per heavy atom. The van der Waals surface area contributed by atoms with E-state index in [0.717, 1.165) is 24.8 Å². The topological polar surface area (TPSA) is 29.9 Å². The van der Waals surface area contributed by atoms with Crippen molar-refractivity contribution in [3.63, 3.8) is 0 Å². The van der Waals surface area contributed by atoms with Crippen molar-refractivity contribution in [2.75, 3.05) is 18.8 Å². The maximum atomic E-state index is 4.13. The lowest BCUT2D eigenvalue weighted by atomic mass is 10.1. The van der Waals surface area contributed by atoms with Gasteiger partial charge in [-0.15, -0.1) is 11.8 Å². The third-order valence-corrected chi connectivity index (χ3v) is 3.08. The van der Waals surface area contributed by atoms with Gasteiger partial charge in [0.1, 0.15) is 0 Å². The second kappa shape index (κ2) is 6.90. The van der Waals surface area contributed by atoms with Gasteiger partial charge in [-0.25, -0.2) is 0 Å². The Bertz CT molecular complexity index is 271. The monoisotopic (exact) mass is 227 g/mol. The number of nitrogens with zero attached hydrogens (tertiary/aromatic N) is 2. The molecule has 0 bridgehead atoms. The molecule has 0 aliphatic heterocycles. The first-order valence-electron chi connectivity index (χ1n) is 5.50. The summed E-state index contributed by atoms with van der Waals surface area (Å²) in [5.74, 6) is 1.91. The number of thioether (sulfide) groups is 1. The number of hydrogen-bond donors (Lipinski definition) is 1. The van der Waals surface area contributed by atoms with Gasteiger partial charge in [-0.2, -0.15) is 5.10 Å². The molecule has 0 unspecified atom stereocenters. The smallest absolute Gasteiger partial charge is 0.0625 e. The minimum Gasteiger partial charge on any atom is -0.316 e. The molecule has 0 radical (unpaired) electrons. The summed E-state index contributed by atoms with van der Waals surface area (Å²) in [7, 11) is 1.95. The fraction of sp³-hybridized carbons (Fsp3) is 0.727. The van der Waals surface area contributed by atoms with Crippen LogP contribution in [-0.2, 0) is 7.05 Å². The fourth-order valence-electron chi connectivity index (χ4n) is 1.23. The summed E-state index contributed by atoms with van der Waals surface area (Å²) in [6.07, 6.45) is 5.23. The summed E-state index contributed by atoms with van der Waals surface area (Å²) in [4.78, 5) is 1.25. The van der Waals surface area contributed by atoms with Gasteiger partial charge in [0, 0.05) is 30.4 Å². The van der Waals surface area contributed by atoms with E-state index in [4.69, 9.17) is 0 Å². The van der Waals surface area contributed by atoms with Crippen LogP contribution in [0.2, 0.25) is 0 Å². The largest absolute Gasteiger partial charge is 0.316 e. The minimum absolute atomic E-state index is 0.795. The maximum absolute atomic E-state index is 4.13. The highest BCUT2D eigenvalue weighted by Gasteiger charge is 1.97. The van der Waals surface area contributed by atoms with E-state index in [0.29, 0.717) is 0 Å². The lowest BCUT2D eigenvalue weighted by molar-refractivity contribution is 0.547. The van der Waals surface area contributed by atoms with Crippen molar-refractivity contribution in [1.29, 1.82) is 0 Å². The predicted octanol–water partition coefficient (Wildman–Crippen LogP) is 2.15. The lowest BCUT2D eigenvalue weighted by Crippen LogP contribution is -2.19. The Morgan fingerprint density at radius 3 is 2.87 bits per heavy atom. The standard InChI is InChI=1S/C11H21N3S/c1-10(2)4-5-12-6-7-15-11-8-13-14(3)9-11/h8-10,12H,4-7H2,1-3H3. The summed E-state index contributed by atoms with van der Waals surface area (Å²) in [6.45, 7) is 6.72. The molecule has 0 amide bonds. The van der Waals surface area contributed by atoms with Crippen LogP contribution in [-0.4, -0.2) is 28.6 Å². The van der Waals surface area contributed by atoms with Crippen LogP contribution in [0.15, 0.2) is 17.3 Å². The molecule has 0 fully saturated rings. The Kier molecular flexibility index (Phi) is 5.79. The molecule has 0 atom stereocenters. The van der Waals surface area contributed by atoms with Crippen molar-refractivity contribution in [1.82, 2.24) is 15.1 Å². The van der Waals surface area contributed by atoms with Gasteiger partial charge in [0.05, 0.1) is 6.20 Å². The van der Waals surface area contributed by atoms with Crippen LogP contribution in [0.4, 0.5) is 0 Å². The van der Waals surface area contributed by atoms with Gasteiger partial charge >= 0.3 is 0 Å². The molecule has 15 heavy (non-hydrogen) atoms. The van der Waals surface area contributed by atoms with Crippen LogP contribution in [0.3, 0.4) is 0 Å². The molecule has 4 heteroatoms. The summed E-state index contributed by atoms with van der Waals surface area (Å²) in [6, 6.07) is 0. The molecular weight excluding hydrogens is 206 g/mol. The van der Waals surface area contributed by atoms with Gasteiger partial charge in [0.15, 0.2) is 0 Å². The number of rotatable bonds is 7. The van der Waals surface area contributed by atoms with Crippen molar-refractivity contribution < 1.29 is 0 Å². The average molecular weight is 227 g/mol. The Labute approximate surface area is 96.6 Å². The van der Waals surface area contributed by atoms with Crippen molar-refractivity contribution in [2.24, 2.45) is 13.0 Å². The van der Waals surface area contributed by atoms with Crippen molar-refractivity contribution in [2.45, 2.75) is 25.2 Å². The Morgan fingerprint density at radius 2 is 2.27 bits per heavy atom. The molecule has 1 aromatic rings. The molecule has 1 N–H and O–H groups in total. The summed E-state index contributed by atoms with van der Waals surface area (Å²) >= 11 is 1.85. The lowest BCUT2D eigenvalue weighted by Gasteiger charge is -2.05. The van der Waals surface area contributed by atoms with E-state index < -0.39 is 0 Å². The van der Waals surface area contributed by atoms with Crippen molar-refractivity contribution in [3.8, 4) is 0 Å². The van der Waals surface area contributed by atoms with Gasteiger partial charge in [-0.05, 0) is 18.9 Å². The van der Waals surface area contributed by atoms with E-state index in [-0.39, 0.29) is 0 Å². The molecule has 3 nitrogen and oxygen atoms in total. The zero-order valence-corrected chi connectivity index (χ0v) is 10.7. The Balaban J connectivity index is 1.98. The maximum Gasteiger partial charge on any atom is 0.0625 e. The van der Waals surface area contributed by atoms with E-state index >= 15 is 0 Å². The van der Waals surface area contributed by atoms with Crippen molar-refractivity contribution >= 4 is 11.8 Å². The molecule has 1 heterocycles. The highest BCUT2D eigenvalue weighted by molar-refractivity contribution is 7.99. The van der Waals surface area contributed by atoms with Gasteiger partial charge < -0.3 is 5.32 Å². The van der Waals surface area contributed by atoms with Crippen LogP contribution < -0.4 is 5.32 Å². The first-order chi connectivity index (χ1) is 7.18. The molecule has 0 spiro atoms. The van der Waals surface area contributed by atoms with Gasteiger partial charge in [-0.1, -0.05) is 13.8 Å². The summed E-state index contributed by atoms with van der Waals surface area (Å²) in [5, 5.41) is 7.58. The quantitative estimate of drug-likeness (QED) is 0.572. The zero-order chi connectivity index (χ0) is 11.1. The zero-order valence-electron chi connectivity index (χ0n) is 9.86. The van der Waals surface area contributed by atoms with Gasteiger partial charge in [-0.3, -0.25) is 4.68 Å². The molecule has 0 aliphatic rings. The van der Waals surface area contributed by atoms with E-state index in [9.17, 15) is 0 Å². The van der Waals surface area contributed by atoms with Crippen LogP contribution in [0, 0.1) is 5.92 Å². The second-order valence-electron chi connectivity index (χ2n) is 4.13. The number of aryl methyl sites for hydroxylation is 1. The molecule has 1 rings (SSSR count). The molecular formula is C11H21N3S. The molecule has 0 saturated carbocycles. The molecule has 1 aromatic heterocycles.